The molecule has 3 unspecified atom stereocenters. The van der Waals surface area contributed by atoms with Gasteiger partial charge in [0.2, 0.25) is 0 Å². The zero-order valence-electron chi connectivity index (χ0n) is 9.87. The fraction of sp³-hybridized carbons (Fsp3) is 1.00. The van der Waals surface area contributed by atoms with Crippen molar-refractivity contribution < 1.29 is 5.11 Å². The summed E-state index contributed by atoms with van der Waals surface area (Å²) in [5.41, 5.74) is 0. The minimum atomic E-state index is -0.141. The first-order valence-corrected chi connectivity index (χ1v) is 6.05. The average Bonchev–Trinajstić information content (AvgIpc) is 2.52. The number of likely N-dealkylation sites (tertiary alicyclic amines) is 1. The summed E-state index contributed by atoms with van der Waals surface area (Å²) in [6.07, 6.45) is 4.67. The summed E-state index contributed by atoms with van der Waals surface area (Å²) in [4.78, 5) is 2.57. The van der Waals surface area contributed by atoms with E-state index in [2.05, 4.69) is 18.7 Å². The van der Waals surface area contributed by atoms with Crippen molar-refractivity contribution in [1.82, 2.24) is 4.90 Å². The first-order valence-electron chi connectivity index (χ1n) is 6.05. The fourth-order valence-corrected chi connectivity index (χ4v) is 2.33. The van der Waals surface area contributed by atoms with Crippen molar-refractivity contribution in [3.63, 3.8) is 0 Å². The van der Waals surface area contributed by atoms with Crippen LogP contribution in [0.15, 0.2) is 0 Å². The third-order valence-corrected chi connectivity index (χ3v) is 3.36. The average molecular weight is 199 g/mol. The van der Waals surface area contributed by atoms with Crippen LogP contribution < -0.4 is 0 Å². The first kappa shape index (κ1) is 12.0. The largest absolute Gasteiger partial charge is 0.393 e. The molecule has 1 fully saturated rings. The first-order chi connectivity index (χ1) is 6.63. The van der Waals surface area contributed by atoms with Crippen LogP contribution in [0.2, 0.25) is 0 Å². The van der Waals surface area contributed by atoms with Gasteiger partial charge in [-0.15, -0.1) is 0 Å². The van der Waals surface area contributed by atoms with E-state index in [1.165, 1.54) is 32.4 Å². The van der Waals surface area contributed by atoms with Gasteiger partial charge in [-0.2, -0.15) is 0 Å². The van der Waals surface area contributed by atoms with Crippen molar-refractivity contribution in [3.05, 3.63) is 0 Å². The van der Waals surface area contributed by atoms with Gasteiger partial charge in [-0.05, 0) is 38.6 Å². The number of aliphatic hydroxyl groups excluding tert-OH is 1. The van der Waals surface area contributed by atoms with Crippen LogP contribution in [0.1, 0.15) is 46.5 Å². The summed E-state index contributed by atoms with van der Waals surface area (Å²) in [5.74, 6) is 0.796. The Balaban J connectivity index is 2.35. The molecule has 1 heterocycles. The number of aliphatic hydroxyl groups is 1. The van der Waals surface area contributed by atoms with Gasteiger partial charge in [-0.1, -0.05) is 20.3 Å². The molecule has 0 radical (unpaired) electrons. The van der Waals surface area contributed by atoms with E-state index in [1.807, 2.05) is 6.92 Å². The quantitative estimate of drug-likeness (QED) is 0.734. The standard InChI is InChI=1S/C12H25NO/c1-4-10(2)9-13-7-5-6-12(13)8-11(3)14/h10-12,14H,4-9H2,1-3H3. The molecule has 0 aromatic rings. The Labute approximate surface area is 88.3 Å². The predicted octanol–water partition coefficient (Wildman–Crippen LogP) is 2.27. The molecule has 2 nitrogen and oxygen atoms in total. The molecule has 1 aliphatic rings. The zero-order valence-corrected chi connectivity index (χ0v) is 9.87. The summed E-state index contributed by atoms with van der Waals surface area (Å²) >= 11 is 0. The molecule has 0 bridgehead atoms. The highest BCUT2D eigenvalue weighted by Crippen LogP contribution is 2.22. The van der Waals surface area contributed by atoms with Gasteiger partial charge in [-0.25, -0.2) is 0 Å². The second-order valence-corrected chi connectivity index (χ2v) is 4.89. The molecule has 0 aromatic heterocycles. The molecule has 0 saturated carbocycles. The maximum absolute atomic E-state index is 9.40. The van der Waals surface area contributed by atoms with Gasteiger partial charge in [0.25, 0.3) is 0 Å². The summed E-state index contributed by atoms with van der Waals surface area (Å²) in [6.45, 7) is 8.93. The fourth-order valence-electron chi connectivity index (χ4n) is 2.33. The maximum Gasteiger partial charge on any atom is 0.0527 e. The van der Waals surface area contributed by atoms with Gasteiger partial charge in [0.05, 0.1) is 6.10 Å². The van der Waals surface area contributed by atoms with Crippen molar-refractivity contribution in [2.45, 2.75) is 58.6 Å². The number of nitrogens with zero attached hydrogens (tertiary/aromatic N) is 1. The molecular weight excluding hydrogens is 174 g/mol. The Morgan fingerprint density at radius 3 is 2.71 bits per heavy atom. The van der Waals surface area contributed by atoms with Crippen LogP contribution in [-0.4, -0.2) is 35.2 Å². The highest BCUT2D eigenvalue weighted by atomic mass is 16.3. The van der Waals surface area contributed by atoms with Crippen LogP contribution in [0.5, 0.6) is 0 Å². The molecule has 0 amide bonds. The van der Waals surface area contributed by atoms with Gasteiger partial charge in [0, 0.05) is 12.6 Å². The lowest BCUT2D eigenvalue weighted by atomic mass is 10.1. The normalized spacial score (nSPS) is 27.9. The molecule has 1 N–H and O–H groups in total. The lowest BCUT2D eigenvalue weighted by molar-refractivity contribution is 0.126. The minimum Gasteiger partial charge on any atom is -0.393 e. The Hall–Kier alpha value is -0.0800. The summed E-state index contributed by atoms with van der Waals surface area (Å²) in [6, 6.07) is 0.643. The van der Waals surface area contributed by atoms with Gasteiger partial charge in [0.15, 0.2) is 0 Å². The Morgan fingerprint density at radius 1 is 1.43 bits per heavy atom. The van der Waals surface area contributed by atoms with E-state index in [0.717, 1.165) is 12.3 Å². The third-order valence-electron chi connectivity index (χ3n) is 3.36. The molecule has 0 aromatic carbocycles. The monoisotopic (exact) mass is 199 g/mol. The van der Waals surface area contributed by atoms with E-state index < -0.39 is 0 Å². The number of rotatable bonds is 5. The highest BCUT2D eigenvalue weighted by molar-refractivity contribution is 4.81. The molecule has 3 atom stereocenters. The Morgan fingerprint density at radius 2 is 2.14 bits per heavy atom. The van der Waals surface area contributed by atoms with Crippen LogP contribution in [0.25, 0.3) is 0 Å². The van der Waals surface area contributed by atoms with E-state index in [1.54, 1.807) is 0 Å². The summed E-state index contributed by atoms with van der Waals surface area (Å²) in [7, 11) is 0. The van der Waals surface area contributed by atoms with Crippen LogP contribution in [0.3, 0.4) is 0 Å². The maximum atomic E-state index is 9.40. The molecule has 0 spiro atoms. The lowest BCUT2D eigenvalue weighted by Gasteiger charge is -2.27. The van der Waals surface area contributed by atoms with E-state index in [4.69, 9.17) is 0 Å². The van der Waals surface area contributed by atoms with Crippen LogP contribution in [-0.2, 0) is 0 Å². The molecule has 1 aliphatic heterocycles. The highest BCUT2D eigenvalue weighted by Gasteiger charge is 2.25. The van der Waals surface area contributed by atoms with E-state index in [9.17, 15) is 5.11 Å². The van der Waals surface area contributed by atoms with Crippen LogP contribution >= 0.6 is 0 Å². The Bertz CT molecular complexity index is 158. The second-order valence-electron chi connectivity index (χ2n) is 4.89. The van der Waals surface area contributed by atoms with E-state index in [0.29, 0.717) is 6.04 Å². The molecule has 1 rings (SSSR count). The summed E-state index contributed by atoms with van der Waals surface area (Å²) < 4.78 is 0. The topological polar surface area (TPSA) is 23.5 Å². The number of hydrogen-bond acceptors (Lipinski definition) is 2. The van der Waals surface area contributed by atoms with Crippen molar-refractivity contribution in [2.24, 2.45) is 5.92 Å². The molecule has 84 valence electrons. The van der Waals surface area contributed by atoms with Crippen molar-refractivity contribution in [1.29, 1.82) is 0 Å². The smallest absolute Gasteiger partial charge is 0.0527 e. The van der Waals surface area contributed by atoms with Gasteiger partial charge >= 0.3 is 0 Å². The van der Waals surface area contributed by atoms with Gasteiger partial charge in [0.1, 0.15) is 0 Å². The molecule has 14 heavy (non-hydrogen) atoms. The SMILES string of the molecule is CCC(C)CN1CCCC1CC(C)O. The molecular formula is C12H25NO. The van der Waals surface area contributed by atoms with Crippen molar-refractivity contribution >= 4 is 0 Å². The second kappa shape index (κ2) is 5.72. The molecule has 2 heteroatoms. The number of hydrogen-bond donors (Lipinski definition) is 1. The minimum absolute atomic E-state index is 0.141. The van der Waals surface area contributed by atoms with E-state index in [-0.39, 0.29) is 6.10 Å². The third kappa shape index (κ3) is 3.58. The van der Waals surface area contributed by atoms with Gasteiger partial charge in [-0.3, -0.25) is 0 Å². The zero-order chi connectivity index (χ0) is 10.6. The van der Waals surface area contributed by atoms with Crippen molar-refractivity contribution in [3.8, 4) is 0 Å². The lowest BCUT2D eigenvalue weighted by Crippen LogP contribution is -2.35. The molecule has 1 saturated heterocycles. The van der Waals surface area contributed by atoms with Crippen molar-refractivity contribution in [2.75, 3.05) is 13.1 Å². The molecule has 0 aliphatic carbocycles. The Kier molecular flexibility index (Phi) is 4.90. The van der Waals surface area contributed by atoms with E-state index >= 15 is 0 Å². The van der Waals surface area contributed by atoms with Gasteiger partial charge < -0.3 is 10.0 Å². The van der Waals surface area contributed by atoms with Crippen LogP contribution in [0, 0.1) is 5.92 Å². The summed E-state index contributed by atoms with van der Waals surface area (Å²) in [5, 5.41) is 9.40. The predicted molar refractivity (Wildman–Crippen MR) is 60.3 cm³/mol. The van der Waals surface area contributed by atoms with Crippen LogP contribution in [0.4, 0.5) is 0 Å².